The highest BCUT2D eigenvalue weighted by Gasteiger charge is 2.16. The molecule has 0 spiro atoms. The van der Waals surface area contributed by atoms with Crippen LogP contribution >= 0.6 is 0 Å². The summed E-state index contributed by atoms with van der Waals surface area (Å²) in [5, 5.41) is 9.41. The molecule has 1 heterocycles. The molecule has 0 amide bonds. The maximum absolute atomic E-state index is 12.5. The number of pyridine rings is 1. The average molecular weight is 155 g/mol. The Balaban J connectivity index is 3.06. The second-order valence-corrected chi connectivity index (χ2v) is 2.95. The number of aromatic nitrogens is 1. The van der Waals surface area contributed by atoms with Crippen LogP contribution < -0.4 is 0 Å². The Kier molecular flexibility index (Phi) is 1.91. The molecular formula is C8H10FNO. The monoisotopic (exact) mass is 155 g/mol. The molecule has 60 valence electrons. The van der Waals surface area contributed by atoms with Crippen molar-refractivity contribution < 1.29 is 9.50 Å². The molecular weight excluding hydrogens is 145 g/mol. The van der Waals surface area contributed by atoms with E-state index in [4.69, 9.17) is 0 Å². The largest absolute Gasteiger partial charge is 0.386 e. The topological polar surface area (TPSA) is 33.1 Å². The Morgan fingerprint density at radius 1 is 1.45 bits per heavy atom. The van der Waals surface area contributed by atoms with Gasteiger partial charge < -0.3 is 5.11 Å². The Hall–Kier alpha value is -0.960. The third-order valence-corrected chi connectivity index (χ3v) is 1.41. The van der Waals surface area contributed by atoms with Crippen molar-refractivity contribution in [2.45, 2.75) is 19.4 Å². The normalized spacial score (nSPS) is 11.6. The first kappa shape index (κ1) is 8.14. The average Bonchev–Trinajstić information content (AvgIpc) is 1.86. The van der Waals surface area contributed by atoms with Gasteiger partial charge in [0.1, 0.15) is 5.82 Å². The molecule has 11 heavy (non-hydrogen) atoms. The first-order valence-corrected chi connectivity index (χ1v) is 3.33. The van der Waals surface area contributed by atoms with Crippen molar-refractivity contribution in [3.05, 3.63) is 29.8 Å². The molecule has 0 fully saturated rings. The van der Waals surface area contributed by atoms with Crippen LogP contribution in [0.15, 0.2) is 18.5 Å². The number of rotatable bonds is 1. The van der Waals surface area contributed by atoms with Gasteiger partial charge in [0, 0.05) is 11.8 Å². The second kappa shape index (κ2) is 2.58. The van der Waals surface area contributed by atoms with E-state index >= 15 is 0 Å². The number of aliphatic hydroxyl groups is 1. The molecule has 0 saturated heterocycles. The van der Waals surface area contributed by atoms with Crippen LogP contribution in [0, 0.1) is 5.82 Å². The summed E-state index contributed by atoms with van der Waals surface area (Å²) in [7, 11) is 0. The van der Waals surface area contributed by atoms with E-state index in [9.17, 15) is 9.50 Å². The van der Waals surface area contributed by atoms with Crippen LogP contribution in [0.25, 0.3) is 0 Å². The molecule has 1 N–H and O–H groups in total. The summed E-state index contributed by atoms with van der Waals surface area (Å²) >= 11 is 0. The van der Waals surface area contributed by atoms with Gasteiger partial charge in [0.2, 0.25) is 0 Å². The predicted molar refractivity (Wildman–Crippen MR) is 39.4 cm³/mol. The Bertz CT molecular complexity index is 255. The van der Waals surface area contributed by atoms with Crippen LogP contribution in [0.2, 0.25) is 0 Å². The van der Waals surface area contributed by atoms with Gasteiger partial charge in [0.25, 0.3) is 0 Å². The fourth-order valence-corrected chi connectivity index (χ4v) is 0.746. The lowest BCUT2D eigenvalue weighted by atomic mass is 10.0. The fraction of sp³-hybridized carbons (Fsp3) is 0.375. The van der Waals surface area contributed by atoms with E-state index in [2.05, 4.69) is 4.98 Å². The van der Waals surface area contributed by atoms with Crippen LogP contribution in [0.5, 0.6) is 0 Å². The third-order valence-electron chi connectivity index (χ3n) is 1.41. The van der Waals surface area contributed by atoms with Crippen LogP contribution in [0.4, 0.5) is 4.39 Å². The maximum Gasteiger partial charge on any atom is 0.141 e. The van der Waals surface area contributed by atoms with E-state index in [0.717, 1.165) is 6.20 Å². The van der Waals surface area contributed by atoms with Gasteiger partial charge in [-0.1, -0.05) is 0 Å². The Morgan fingerprint density at radius 3 is 2.45 bits per heavy atom. The van der Waals surface area contributed by atoms with Crippen LogP contribution in [0.1, 0.15) is 19.4 Å². The summed E-state index contributed by atoms with van der Waals surface area (Å²) in [5.41, 5.74) is -0.535. The summed E-state index contributed by atoms with van der Waals surface area (Å²) < 4.78 is 12.5. The molecule has 1 rings (SSSR count). The minimum absolute atomic E-state index is 0.426. The van der Waals surface area contributed by atoms with Gasteiger partial charge in [-0.05, 0) is 19.9 Å². The van der Waals surface area contributed by atoms with Gasteiger partial charge in [-0.15, -0.1) is 0 Å². The Labute approximate surface area is 64.7 Å². The highest BCUT2D eigenvalue weighted by molar-refractivity contribution is 5.16. The van der Waals surface area contributed by atoms with E-state index in [1.807, 2.05) is 0 Å². The molecule has 2 nitrogen and oxygen atoms in total. The first-order valence-electron chi connectivity index (χ1n) is 3.33. The van der Waals surface area contributed by atoms with Crippen molar-refractivity contribution in [3.8, 4) is 0 Å². The number of hydrogen-bond acceptors (Lipinski definition) is 2. The molecule has 0 saturated carbocycles. The second-order valence-electron chi connectivity index (χ2n) is 2.95. The molecule has 0 bridgehead atoms. The lowest BCUT2D eigenvalue weighted by molar-refractivity contribution is 0.0778. The molecule has 0 aliphatic rings. The minimum atomic E-state index is -1.02. The van der Waals surface area contributed by atoms with E-state index in [-0.39, 0.29) is 0 Å². The number of nitrogens with zero attached hydrogens (tertiary/aromatic N) is 1. The quantitative estimate of drug-likeness (QED) is 0.665. The zero-order valence-electron chi connectivity index (χ0n) is 6.50. The van der Waals surface area contributed by atoms with Crippen LogP contribution in [-0.2, 0) is 5.60 Å². The fourth-order valence-electron chi connectivity index (χ4n) is 0.746. The zero-order valence-corrected chi connectivity index (χ0v) is 6.50. The lowest BCUT2D eigenvalue weighted by Crippen LogP contribution is -2.15. The van der Waals surface area contributed by atoms with Gasteiger partial charge in [-0.2, -0.15) is 0 Å². The first-order chi connectivity index (χ1) is 5.00. The molecule has 0 aliphatic heterocycles. The molecule has 0 aliphatic carbocycles. The molecule has 0 atom stereocenters. The molecule has 3 heteroatoms. The Morgan fingerprint density at radius 2 is 2.09 bits per heavy atom. The minimum Gasteiger partial charge on any atom is -0.386 e. The molecule has 0 unspecified atom stereocenters. The number of halogens is 1. The summed E-state index contributed by atoms with van der Waals surface area (Å²) in [6.45, 7) is 3.17. The van der Waals surface area contributed by atoms with E-state index in [1.165, 1.54) is 12.3 Å². The summed E-state index contributed by atoms with van der Waals surface area (Å²) in [6.07, 6.45) is 2.55. The van der Waals surface area contributed by atoms with Crippen molar-refractivity contribution >= 4 is 0 Å². The van der Waals surface area contributed by atoms with E-state index < -0.39 is 11.4 Å². The molecule has 1 aromatic rings. The zero-order chi connectivity index (χ0) is 8.48. The summed E-state index contributed by atoms with van der Waals surface area (Å²) in [4.78, 5) is 3.62. The number of hydrogen-bond donors (Lipinski definition) is 1. The smallest absolute Gasteiger partial charge is 0.141 e. The standard InChI is InChI=1S/C8H10FNO/c1-8(2,11)6-3-7(9)5-10-4-6/h3-5,11H,1-2H3. The van der Waals surface area contributed by atoms with Crippen molar-refractivity contribution in [1.82, 2.24) is 4.98 Å². The lowest BCUT2D eigenvalue weighted by Gasteiger charge is -2.16. The maximum atomic E-state index is 12.5. The van der Waals surface area contributed by atoms with Crippen LogP contribution in [0.3, 0.4) is 0 Å². The summed E-state index contributed by atoms with van der Waals surface area (Å²) in [5.74, 6) is -0.426. The third kappa shape index (κ3) is 1.98. The van der Waals surface area contributed by atoms with Gasteiger partial charge in [0.15, 0.2) is 0 Å². The van der Waals surface area contributed by atoms with E-state index in [1.54, 1.807) is 13.8 Å². The van der Waals surface area contributed by atoms with E-state index in [0.29, 0.717) is 5.56 Å². The van der Waals surface area contributed by atoms with Gasteiger partial charge >= 0.3 is 0 Å². The van der Waals surface area contributed by atoms with Crippen LogP contribution in [-0.4, -0.2) is 10.1 Å². The highest BCUT2D eigenvalue weighted by atomic mass is 19.1. The van der Waals surface area contributed by atoms with Crippen molar-refractivity contribution in [2.75, 3.05) is 0 Å². The van der Waals surface area contributed by atoms with Crippen molar-refractivity contribution in [2.24, 2.45) is 0 Å². The van der Waals surface area contributed by atoms with Gasteiger partial charge in [-0.25, -0.2) is 4.39 Å². The highest BCUT2D eigenvalue weighted by Crippen LogP contribution is 2.18. The van der Waals surface area contributed by atoms with Crippen molar-refractivity contribution in [3.63, 3.8) is 0 Å². The molecule has 0 aromatic carbocycles. The van der Waals surface area contributed by atoms with Gasteiger partial charge in [0.05, 0.1) is 11.8 Å². The molecule has 1 aromatic heterocycles. The predicted octanol–water partition coefficient (Wildman–Crippen LogP) is 1.45. The van der Waals surface area contributed by atoms with Gasteiger partial charge in [-0.3, -0.25) is 4.98 Å². The SMILES string of the molecule is CC(C)(O)c1cncc(F)c1. The van der Waals surface area contributed by atoms with Crippen molar-refractivity contribution in [1.29, 1.82) is 0 Å². The molecule has 0 radical (unpaired) electrons. The summed E-state index contributed by atoms with van der Waals surface area (Å²) in [6, 6.07) is 1.27.